The summed E-state index contributed by atoms with van der Waals surface area (Å²) in [6.07, 6.45) is 4.00. The average molecular weight is 256 g/mol. The van der Waals surface area contributed by atoms with Gasteiger partial charge in [0.25, 0.3) is 0 Å². The Labute approximate surface area is 106 Å². The molecule has 0 aromatic rings. The van der Waals surface area contributed by atoms with Gasteiger partial charge in [0.1, 0.15) is 6.10 Å². The number of hydrogen-bond acceptors (Lipinski definition) is 5. The summed E-state index contributed by atoms with van der Waals surface area (Å²) in [7, 11) is 0. The Morgan fingerprint density at radius 2 is 2.28 bits per heavy atom. The van der Waals surface area contributed by atoms with E-state index in [0.29, 0.717) is 12.8 Å². The number of hydrogen-bond donors (Lipinski definition) is 1. The van der Waals surface area contributed by atoms with E-state index in [1.165, 1.54) is 0 Å². The van der Waals surface area contributed by atoms with Crippen molar-refractivity contribution in [1.29, 1.82) is 0 Å². The molecule has 3 fully saturated rings. The molecule has 0 spiro atoms. The first-order chi connectivity index (χ1) is 8.78. The van der Waals surface area contributed by atoms with Crippen molar-refractivity contribution in [2.75, 3.05) is 13.2 Å². The molecule has 0 bridgehead atoms. The summed E-state index contributed by atoms with van der Waals surface area (Å²) < 4.78 is 16.8. The number of esters is 1. The fourth-order valence-corrected chi connectivity index (χ4v) is 3.38. The zero-order valence-corrected chi connectivity index (χ0v) is 10.4. The predicted molar refractivity (Wildman–Crippen MR) is 61.6 cm³/mol. The van der Waals surface area contributed by atoms with Gasteiger partial charge in [-0.05, 0) is 19.3 Å². The summed E-state index contributed by atoms with van der Waals surface area (Å²) >= 11 is 0. The molecule has 2 saturated heterocycles. The maximum absolute atomic E-state index is 11.2. The van der Waals surface area contributed by atoms with E-state index in [-0.39, 0.29) is 42.9 Å². The van der Waals surface area contributed by atoms with Crippen molar-refractivity contribution >= 4 is 5.97 Å². The number of aliphatic hydroxyl groups is 1. The van der Waals surface area contributed by atoms with Crippen molar-refractivity contribution in [2.45, 2.75) is 50.6 Å². The highest BCUT2D eigenvalue weighted by Crippen LogP contribution is 2.43. The number of aliphatic hydroxyl groups excluding tert-OH is 1. The van der Waals surface area contributed by atoms with Gasteiger partial charge in [0.2, 0.25) is 0 Å². The summed E-state index contributed by atoms with van der Waals surface area (Å²) in [6.45, 7) is 0.804. The Balaban J connectivity index is 1.61. The van der Waals surface area contributed by atoms with Crippen molar-refractivity contribution in [2.24, 2.45) is 11.8 Å². The Hall–Kier alpha value is -0.650. The summed E-state index contributed by atoms with van der Waals surface area (Å²) in [5, 5.41) is 9.51. The van der Waals surface area contributed by atoms with Crippen molar-refractivity contribution in [1.82, 2.24) is 0 Å². The lowest BCUT2D eigenvalue weighted by molar-refractivity contribution is -0.199. The van der Waals surface area contributed by atoms with Gasteiger partial charge in [-0.1, -0.05) is 0 Å². The Kier molecular flexibility index (Phi) is 3.54. The monoisotopic (exact) mass is 256 g/mol. The molecule has 2 aliphatic heterocycles. The molecular formula is C13H20O5. The van der Waals surface area contributed by atoms with Crippen LogP contribution in [-0.4, -0.2) is 42.8 Å². The van der Waals surface area contributed by atoms with E-state index in [2.05, 4.69) is 0 Å². The fraction of sp³-hybridized carbons (Fsp3) is 0.923. The molecule has 0 amide bonds. The molecule has 5 nitrogen and oxygen atoms in total. The molecule has 5 atom stereocenters. The van der Waals surface area contributed by atoms with Crippen LogP contribution in [0, 0.1) is 11.8 Å². The van der Waals surface area contributed by atoms with Crippen LogP contribution in [-0.2, 0) is 19.0 Å². The lowest BCUT2D eigenvalue weighted by Gasteiger charge is -2.29. The fourth-order valence-electron chi connectivity index (χ4n) is 3.38. The Morgan fingerprint density at radius 3 is 3.00 bits per heavy atom. The van der Waals surface area contributed by atoms with Crippen LogP contribution in [0.3, 0.4) is 0 Å². The number of rotatable bonds is 3. The van der Waals surface area contributed by atoms with E-state index in [1.54, 1.807) is 0 Å². The lowest BCUT2D eigenvalue weighted by Crippen LogP contribution is -2.33. The van der Waals surface area contributed by atoms with Gasteiger partial charge in [-0.3, -0.25) is 4.79 Å². The minimum absolute atomic E-state index is 0.00646. The standard InChI is InChI=1S/C13H20O5/c14-7-9-8-5-12(15)17-10(8)6-11(9)18-13-3-1-2-4-16-13/h8-11,13-14H,1-7H2. The van der Waals surface area contributed by atoms with Crippen LogP contribution in [0.5, 0.6) is 0 Å². The van der Waals surface area contributed by atoms with Gasteiger partial charge in [-0.25, -0.2) is 0 Å². The van der Waals surface area contributed by atoms with Crippen molar-refractivity contribution in [3.05, 3.63) is 0 Å². The Bertz CT molecular complexity index is 313. The molecule has 1 aliphatic carbocycles. The molecule has 1 saturated carbocycles. The van der Waals surface area contributed by atoms with E-state index in [4.69, 9.17) is 14.2 Å². The number of carbonyl (C=O) groups excluding carboxylic acids is 1. The van der Waals surface area contributed by atoms with E-state index < -0.39 is 0 Å². The normalized spacial score (nSPS) is 43.8. The molecule has 5 unspecified atom stereocenters. The second-order valence-electron chi connectivity index (χ2n) is 5.45. The zero-order valence-electron chi connectivity index (χ0n) is 10.4. The molecule has 1 N–H and O–H groups in total. The van der Waals surface area contributed by atoms with Crippen LogP contribution in [0.4, 0.5) is 0 Å². The number of ether oxygens (including phenoxy) is 3. The van der Waals surface area contributed by atoms with Crippen molar-refractivity contribution in [3.63, 3.8) is 0 Å². The highest BCUT2D eigenvalue weighted by atomic mass is 16.7. The smallest absolute Gasteiger partial charge is 0.306 e. The van der Waals surface area contributed by atoms with Crippen LogP contribution < -0.4 is 0 Å². The third-order valence-electron chi connectivity index (χ3n) is 4.33. The molecule has 0 radical (unpaired) electrons. The highest BCUT2D eigenvalue weighted by Gasteiger charge is 2.50. The topological polar surface area (TPSA) is 65.0 Å². The molecule has 3 aliphatic rings. The van der Waals surface area contributed by atoms with Crippen molar-refractivity contribution in [3.8, 4) is 0 Å². The minimum atomic E-state index is -0.146. The molecule has 3 rings (SSSR count). The second-order valence-corrected chi connectivity index (χ2v) is 5.45. The third kappa shape index (κ3) is 2.27. The molecular weight excluding hydrogens is 236 g/mol. The maximum Gasteiger partial charge on any atom is 0.306 e. The Morgan fingerprint density at radius 1 is 1.39 bits per heavy atom. The quantitative estimate of drug-likeness (QED) is 0.758. The molecule has 5 heteroatoms. The van der Waals surface area contributed by atoms with Crippen molar-refractivity contribution < 1.29 is 24.1 Å². The minimum Gasteiger partial charge on any atom is -0.462 e. The van der Waals surface area contributed by atoms with Gasteiger partial charge in [-0.2, -0.15) is 0 Å². The first kappa shape index (κ1) is 12.4. The molecule has 0 aromatic carbocycles. The molecule has 0 aromatic heterocycles. The number of carbonyl (C=O) groups is 1. The van der Waals surface area contributed by atoms with Gasteiger partial charge < -0.3 is 19.3 Å². The predicted octanol–water partition coefficient (Wildman–Crippen LogP) is 0.842. The number of fused-ring (bicyclic) bond motifs is 1. The van der Waals surface area contributed by atoms with Crippen LogP contribution in [0.1, 0.15) is 32.1 Å². The first-order valence-corrected chi connectivity index (χ1v) is 6.85. The van der Waals surface area contributed by atoms with Gasteiger partial charge in [0, 0.05) is 31.5 Å². The maximum atomic E-state index is 11.2. The van der Waals surface area contributed by atoms with Crippen LogP contribution in [0.2, 0.25) is 0 Å². The summed E-state index contributed by atoms with van der Waals surface area (Å²) in [6, 6.07) is 0. The SMILES string of the molecule is O=C1CC2C(CC(OC3CCCCO3)C2CO)O1. The van der Waals surface area contributed by atoms with Crippen LogP contribution in [0.15, 0.2) is 0 Å². The van der Waals surface area contributed by atoms with E-state index in [9.17, 15) is 9.90 Å². The van der Waals surface area contributed by atoms with Crippen LogP contribution >= 0.6 is 0 Å². The lowest BCUT2D eigenvalue weighted by atomic mass is 9.93. The van der Waals surface area contributed by atoms with Crippen LogP contribution in [0.25, 0.3) is 0 Å². The van der Waals surface area contributed by atoms with Gasteiger partial charge >= 0.3 is 5.97 Å². The molecule has 18 heavy (non-hydrogen) atoms. The summed E-state index contributed by atoms with van der Waals surface area (Å²) in [5.41, 5.74) is 0. The molecule has 102 valence electrons. The zero-order chi connectivity index (χ0) is 12.5. The first-order valence-electron chi connectivity index (χ1n) is 6.85. The summed E-state index contributed by atoms with van der Waals surface area (Å²) in [4.78, 5) is 11.2. The van der Waals surface area contributed by atoms with E-state index in [1.807, 2.05) is 0 Å². The van der Waals surface area contributed by atoms with E-state index in [0.717, 1.165) is 25.9 Å². The van der Waals surface area contributed by atoms with Gasteiger partial charge in [-0.15, -0.1) is 0 Å². The average Bonchev–Trinajstić information content (AvgIpc) is 2.85. The van der Waals surface area contributed by atoms with Gasteiger partial charge in [0.15, 0.2) is 6.29 Å². The second kappa shape index (κ2) is 5.15. The highest BCUT2D eigenvalue weighted by molar-refractivity contribution is 5.72. The van der Waals surface area contributed by atoms with Gasteiger partial charge in [0.05, 0.1) is 12.5 Å². The molecule has 2 heterocycles. The van der Waals surface area contributed by atoms with E-state index >= 15 is 0 Å². The third-order valence-corrected chi connectivity index (χ3v) is 4.33. The summed E-state index contributed by atoms with van der Waals surface area (Å²) in [5.74, 6) is -0.0149. The largest absolute Gasteiger partial charge is 0.462 e.